The van der Waals surface area contributed by atoms with Crippen molar-refractivity contribution in [1.29, 1.82) is 0 Å². The lowest BCUT2D eigenvalue weighted by Gasteiger charge is -2.52. The average Bonchev–Trinajstić information content (AvgIpc) is 3.03. The summed E-state index contributed by atoms with van der Waals surface area (Å²) in [6.45, 7) is 9.90. The Kier molecular flexibility index (Phi) is 7.87. The highest BCUT2D eigenvalue weighted by atomic mass is 32.1. The summed E-state index contributed by atoms with van der Waals surface area (Å²) in [7, 11) is 0. The number of hydrogen-bond donors (Lipinski definition) is 1. The molecule has 162 valence electrons. The molecule has 2 fully saturated rings. The summed E-state index contributed by atoms with van der Waals surface area (Å²) in [6.07, 6.45) is 2.02. The molecular weight excluding hydrogens is 405 g/mol. The fourth-order valence-electron chi connectivity index (χ4n) is 4.08. The van der Waals surface area contributed by atoms with E-state index in [0.29, 0.717) is 18.9 Å². The van der Waals surface area contributed by atoms with Crippen LogP contribution >= 0.6 is 11.3 Å². The number of carboxylic acids is 1. The first kappa shape index (κ1) is 23.4. The molecular formula is C20H27F3N2O3S. The Hall–Kier alpha value is -1.87. The molecule has 0 aromatic carbocycles. The Morgan fingerprint density at radius 3 is 2.55 bits per heavy atom. The molecule has 29 heavy (non-hydrogen) atoms. The number of amides is 1. The van der Waals surface area contributed by atoms with Crippen molar-refractivity contribution in [3.63, 3.8) is 0 Å². The van der Waals surface area contributed by atoms with Gasteiger partial charge in [-0.25, -0.2) is 4.79 Å². The Bertz CT molecular complexity index is 731. The van der Waals surface area contributed by atoms with Gasteiger partial charge < -0.3 is 10.0 Å². The van der Waals surface area contributed by atoms with Crippen LogP contribution in [0.25, 0.3) is 0 Å². The molecule has 0 radical (unpaired) electrons. The summed E-state index contributed by atoms with van der Waals surface area (Å²) in [5, 5.41) is 7.12. The second-order valence-electron chi connectivity index (χ2n) is 7.50. The van der Waals surface area contributed by atoms with Crippen LogP contribution in [0.15, 0.2) is 24.8 Å². The van der Waals surface area contributed by atoms with E-state index in [2.05, 4.69) is 35.4 Å². The highest BCUT2D eigenvalue weighted by Crippen LogP contribution is 2.37. The van der Waals surface area contributed by atoms with Crippen LogP contribution < -0.4 is 0 Å². The van der Waals surface area contributed by atoms with Gasteiger partial charge in [0.2, 0.25) is 5.91 Å². The van der Waals surface area contributed by atoms with E-state index < -0.39 is 12.1 Å². The maximum Gasteiger partial charge on any atom is 0.490 e. The number of carbonyl (C=O) groups excluding carboxylic acids is 1. The third kappa shape index (κ3) is 6.30. The van der Waals surface area contributed by atoms with Crippen molar-refractivity contribution in [2.75, 3.05) is 19.6 Å². The number of hydrogen-bond acceptors (Lipinski definition) is 4. The topological polar surface area (TPSA) is 60.9 Å². The third-order valence-electron chi connectivity index (χ3n) is 5.27. The molecule has 1 amide bonds. The fraction of sp³-hybridized carbons (Fsp3) is 0.600. The van der Waals surface area contributed by atoms with Crippen LogP contribution in [-0.4, -0.2) is 58.1 Å². The lowest BCUT2D eigenvalue weighted by Crippen LogP contribution is -2.62. The Morgan fingerprint density at radius 1 is 1.34 bits per heavy atom. The molecule has 0 saturated carbocycles. The van der Waals surface area contributed by atoms with E-state index >= 15 is 0 Å². The van der Waals surface area contributed by atoms with Crippen LogP contribution in [0, 0.1) is 6.92 Å². The van der Waals surface area contributed by atoms with E-state index in [0.717, 1.165) is 38.9 Å². The molecule has 2 aliphatic rings. The molecule has 3 rings (SSSR count). The number of carbonyl (C=O) groups is 2. The van der Waals surface area contributed by atoms with Crippen molar-refractivity contribution in [2.45, 2.75) is 57.3 Å². The van der Waals surface area contributed by atoms with E-state index in [9.17, 15) is 18.0 Å². The molecule has 2 aliphatic heterocycles. The first-order chi connectivity index (χ1) is 13.6. The van der Waals surface area contributed by atoms with Gasteiger partial charge in [-0.3, -0.25) is 9.69 Å². The molecule has 1 N–H and O–H groups in total. The molecule has 0 bridgehead atoms. The number of alkyl halides is 3. The summed E-state index contributed by atoms with van der Waals surface area (Å²) in [5.74, 6) is -2.44. The Labute approximate surface area is 172 Å². The number of thiophene rings is 1. The predicted molar refractivity (Wildman–Crippen MR) is 106 cm³/mol. The van der Waals surface area contributed by atoms with Crippen molar-refractivity contribution in [1.82, 2.24) is 9.80 Å². The normalized spacial score (nSPS) is 22.9. The average molecular weight is 433 g/mol. The molecule has 1 atom stereocenters. The quantitative estimate of drug-likeness (QED) is 0.724. The van der Waals surface area contributed by atoms with Crippen LogP contribution in [0.4, 0.5) is 13.2 Å². The van der Waals surface area contributed by atoms with Crippen molar-refractivity contribution in [3.05, 3.63) is 34.5 Å². The maximum atomic E-state index is 12.4. The minimum absolute atomic E-state index is 0.0497. The van der Waals surface area contributed by atoms with E-state index in [1.807, 2.05) is 17.4 Å². The van der Waals surface area contributed by atoms with Crippen LogP contribution in [0.2, 0.25) is 0 Å². The second-order valence-corrected chi connectivity index (χ2v) is 8.87. The highest BCUT2D eigenvalue weighted by Gasteiger charge is 2.44. The SMILES string of the molecule is C=CCN1C(=O)CCCC12CCCN(Cc1ccc(C)s1)C2.O=C(O)C(F)(F)F. The zero-order valence-corrected chi connectivity index (χ0v) is 17.3. The fourth-order valence-corrected chi connectivity index (χ4v) is 5.02. The van der Waals surface area contributed by atoms with Gasteiger partial charge in [0, 0.05) is 35.8 Å². The summed E-state index contributed by atoms with van der Waals surface area (Å²) < 4.78 is 31.7. The molecule has 1 aromatic heterocycles. The lowest BCUT2D eigenvalue weighted by atomic mass is 9.79. The summed E-state index contributed by atoms with van der Waals surface area (Å²) in [5.41, 5.74) is 0.0497. The molecule has 9 heteroatoms. The van der Waals surface area contributed by atoms with Gasteiger partial charge in [0.1, 0.15) is 0 Å². The third-order valence-corrected chi connectivity index (χ3v) is 6.26. The first-order valence-corrected chi connectivity index (χ1v) is 10.4. The lowest BCUT2D eigenvalue weighted by molar-refractivity contribution is -0.192. The minimum Gasteiger partial charge on any atom is -0.475 e. The van der Waals surface area contributed by atoms with E-state index in [-0.39, 0.29) is 5.54 Å². The van der Waals surface area contributed by atoms with E-state index in [4.69, 9.17) is 9.90 Å². The minimum atomic E-state index is -5.08. The van der Waals surface area contributed by atoms with Gasteiger partial charge in [-0.05, 0) is 51.3 Å². The van der Waals surface area contributed by atoms with Crippen molar-refractivity contribution < 1.29 is 27.9 Å². The predicted octanol–water partition coefficient (Wildman–Crippen LogP) is 4.22. The van der Waals surface area contributed by atoms with Gasteiger partial charge in [-0.2, -0.15) is 13.2 Å². The Balaban J connectivity index is 0.000000370. The number of nitrogens with zero attached hydrogens (tertiary/aromatic N) is 2. The van der Waals surface area contributed by atoms with Crippen molar-refractivity contribution in [2.24, 2.45) is 0 Å². The largest absolute Gasteiger partial charge is 0.490 e. The maximum absolute atomic E-state index is 12.4. The van der Waals surface area contributed by atoms with E-state index in [1.165, 1.54) is 16.2 Å². The zero-order chi connectivity index (χ0) is 21.7. The van der Waals surface area contributed by atoms with Gasteiger partial charge >= 0.3 is 12.1 Å². The molecule has 2 saturated heterocycles. The number of carboxylic acid groups (broad SMARTS) is 1. The van der Waals surface area contributed by atoms with Crippen molar-refractivity contribution in [3.8, 4) is 0 Å². The summed E-state index contributed by atoms with van der Waals surface area (Å²) in [6, 6.07) is 4.45. The van der Waals surface area contributed by atoms with Gasteiger partial charge in [-0.1, -0.05) is 6.08 Å². The van der Waals surface area contributed by atoms with Crippen molar-refractivity contribution >= 4 is 23.2 Å². The van der Waals surface area contributed by atoms with Gasteiger partial charge in [-0.15, -0.1) is 17.9 Å². The van der Waals surface area contributed by atoms with Gasteiger partial charge in [0.25, 0.3) is 0 Å². The number of aryl methyl sites for hydroxylation is 1. The van der Waals surface area contributed by atoms with Gasteiger partial charge in [0.05, 0.1) is 5.54 Å². The smallest absolute Gasteiger partial charge is 0.475 e. The Morgan fingerprint density at radius 2 is 2.00 bits per heavy atom. The number of halogens is 3. The second kappa shape index (κ2) is 9.75. The zero-order valence-electron chi connectivity index (χ0n) is 16.5. The summed E-state index contributed by atoms with van der Waals surface area (Å²) in [4.78, 5) is 28.8. The molecule has 1 spiro atoms. The molecule has 1 aromatic rings. The van der Waals surface area contributed by atoms with Crippen LogP contribution in [0.1, 0.15) is 41.9 Å². The molecule has 3 heterocycles. The molecule has 1 unspecified atom stereocenters. The highest BCUT2D eigenvalue weighted by molar-refractivity contribution is 7.11. The summed E-state index contributed by atoms with van der Waals surface area (Å²) >= 11 is 1.89. The first-order valence-electron chi connectivity index (χ1n) is 9.56. The number of likely N-dealkylation sites (tertiary alicyclic amines) is 2. The standard InChI is InChI=1S/C18H26N2OS.C2HF3O2/c1-3-11-20-17(21)6-4-9-18(20)10-5-12-19(14-18)13-16-8-7-15(2)22-16;3-2(4,5)1(6)7/h3,7-8H,1,4-6,9-14H2,2H3;(H,6,7). The van der Waals surface area contributed by atoms with Gasteiger partial charge in [0.15, 0.2) is 0 Å². The number of aliphatic carboxylic acids is 1. The number of piperidine rings is 2. The number of rotatable bonds is 4. The van der Waals surface area contributed by atoms with E-state index in [1.54, 1.807) is 0 Å². The molecule has 0 aliphatic carbocycles. The molecule has 5 nitrogen and oxygen atoms in total. The van der Waals surface area contributed by atoms with Crippen LogP contribution in [0.3, 0.4) is 0 Å². The monoisotopic (exact) mass is 432 g/mol. The van der Waals surface area contributed by atoms with Crippen LogP contribution in [-0.2, 0) is 16.1 Å². The van der Waals surface area contributed by atoms with Crippen LogP contribution in [0.5, 0.6) is 0 Å².